The Morgan fingerprint density at radius 3 is 2.32 bits per heavy atom. The molecule has 0 unspecified atom stereocenters. The van der Waals surface area contributed by atoms with Crippen molar-refractivity contribution in [2.75, 3.05) is 36.5 Å². The summed E-state index contributed by atoms with van der Waals surface area (Å²) in [6, 6.07) is 24.0. The van der Waals surface area contributed by atoms with Crippen LogP contribution in [-0.4, -0.2) is 32.2 Å². The molecule has 4 rings (SSSR count). The SMILES string of the molecule is Cc1ccc(-c2cccc(C(=O)Nc3ccc(N4CCOCC4)cc3)c2)cc1. The second kappa shape index (κ2) is 8.28. The average Bonchev–Trinajstić information content (AvgIpc) is 2.75. The van der Waals surface area contributed by atoms with Gasteiger partial charge in [0.2, 0.25) is 0 Å². The number of anilines is 2. The van der Waals surface area contributed by atoms with Gasteiger partial charge in [-0.3, -0.25) is 4.79 Å². The minimum Gasteiger partial charge on any atom is -0.378 e. The molecule has 0 aromatic heterocycles. The van der Waals surface area contributed by atoms with Crippen LogP contribution in [0.1, 0.15) is 15.9 Å². The van der Waals surface area contributed by atoms with Gasteiger partial charge in [0.1, 0.15) is 0 Å². The Kier molecular flexibility index (Phi) is 5.40. The maximum atomic E-state index is 12.7. The smallest absolute Gasteiger partial charge is 0.255 e. The molecule has 1 fully saturated rings. The normalized spacial score (nSPS) is 14.0. The molecule has 28 heavy (non-hydrogen) atoms. The standard InChI is InChI=1S/C24H24N2O2/c1-18-5-7-19(8-6-18)20-3-2-4-21(17-20)24(27)25-22-9-11-23(12-10-22)26-13-15-28-16-14-26/h2-12,17H,13-16H2,1H3,(H,25,27). The summed E-state index contributed by atoms with van der Waals surface area (Å²) in [5.74, 6) is -0.104. The Morgan fingerprint density at radius 2 is 1.61 bits per heavy atom. The molecule has 4 nitrogen and oxygen atoms in total. The highest BCUT2D eigenvalue weighted by atomic mass is 16.5. The van der Waals surface area contributed by atoms with Gasteiger partial charge in [-0.1, -0.05) is 42.0 Å². The second-order valence-corrected chi connectivity index (χ2v) is 7.05. The van der Waals surface area contributed by atoms with Gasteiger partial charge in [-0.25, -0.2) is 0 Å². The van der Waals surface area contributed by atoms with Gasteiger partial charge in [0.05, 0.1) is 13.2 Å². The highest BCUT2D eigenvalue weighted by Crippen LogP contribution is 2.23. The lowest BCUT2D eigenvalue weighted by molar-refractivity contribution is 0.102. The Morgan fingerprint density at radius 1 is 0.893 bits per heavy atom. The molecule has 0 saturated carbocycles. The fourth-order valence-corrected chi connectivity index (χ4v) is 3.37. The van der Waals surface area contributed by atoms with Crippen LogP contribution in [0, 0.1) is 6.92 Å². The van der Waals surface area contributed by atoms with Gasteiger partial charge < -0.3 is 15.0 Å². The largest absolute Gasteiger partial charge is 0.378 e. The Balaban J connectivity index is 1.46. The first kappa shape index (κ1) is 18.3. The molecule has 0 atom stereocenters. The lowest BCUT2D eigenvalue weighted by Gasteiger charge is -2.28. The van der Waals surface area contributed by atoms with Crippen LogP contribution in [0.3, 0.4) is 0 Å². The van der Waals surface area contributed by atoms with Crippen molar-refractivity contribution in [3.63, 3.8) is 0 Å². The molecule has 1 amide bonds. The van der Waals surface area contributed by atoms with E-state index in [-0.39, 0.29) is 5.91 Å². The summed E-state index contributed by atoms with van der Waals surface area (Å²) in [7, 11) is 0. The van der Waals surface area contributed by atoms with Gasteiger partial charge in [0, 0.05) is 30.0 Å². The van der Waals surface area contributed by atoms with E-state index in [2.05, 4.69) is 41.4 Å². The van der Waals surface area contributed by atoms with Gasteiger partial charge in [-0.05, 0) is 54.4 Å². The zero-order valence-electron chi connectivity index (χ0n) is 16.0. The van der Waals surface area contributed by atoms with E-state index in [4.69, 9.17) is 4.74 Å². The Labute approximate surface area is 165 Å². The molecule has 4 heteroatoms. The Bertz CT molecular complexity index is 943. The first-order valence-corrected chi connectivity index (χ1v) is 9.60. The molecular formula is C24H24N2O2. The molecule has 3 aromatic rings. The maximum absolute atomic E-state index is 12.7. The van der Waals surface area contributed by atoms with E-state index in [1.165, 1.54) is 5.56 Å². The molecule has 1 heterocycles. The van der Waals surface area contributed by atoms with Crippen molar-refractivity contribution in [2.24, 2.45) is 0 Å². The van der Waals surface area contributed by atoms with Gasteiger partial charge in [-0.2, -0.15) is 0 Å². The van der Waals surface area contributed by atoms with Crippen LogP contribution in [0.5, 0.6) is 0 Å². The number of hydrogen-bond donors (Lipinski definition) is 1. The quantitative estimate of drug-likeness (QED) is 0.718. The number of rotatable bonds is 4. The summed E-state index contributed by atoms with van der Waals surface area (Å²) in [6.07, 6.45) is 0. The number of amides is 1. The third-order valence-corrected chi connectivity index (χ3v) is 5.01. The number of nitrogens with zero attached hydrogens (tertiary/aromatic N) is 1. The molecule has 3 aromatic carbocycles. The van der Waals surface area contributed by atoms with Crippen LogP contribution in [0.4, 0.5) is 11.4 Å². The first-order valence-electron chi connectivity index (χ1n) is 9.60. The maximum Gasteiger partial charge on any atom is 0.255 e. The van der Waals surface area contributed by atoms with E-state index in [0.717, 1.165) is 48.8 Å². The Hall–Kier alpha value is -3.11. The molecule has 0 aliphatic carbocycles. The van der Waals surface area contributed by atoms with Crippen molar-refractivity contribution in [1.29, 1.82) is 0 Å². The molecule has 1 aliphatic rings. The summed E-state index contributed by atoms with van der Waals surface area (Å²) in [5.41, 5.74) is 5.96. The fourth-order valence-electron chi connectivity index (χ4n) is 3.37. The van der Waals surface area contributed by atoms with Gasteiger partial charge in [0.15, 0.2) is 0 Å². The van der Waals surface area contributed by atoms with Crippen molar-refractivity contribution < 1.29 is 9.53 Å². The minimum atomic E-state index is -0.104. The molecule has 0 radical (unpaired) electrons. The van der Waals surface area contributed by atoms with Gasteiger partial charge >= 0.3 is 0 Å². The lowest BCUT2D eigenvalue weighted by atomic mass is 10.0. The van der Waals surface area contributed by atoms with E-state index in [1.807, 2.05) is 48.5 Å². The summed E-state index contributed by atoms with van der Waals surface area (Å²) >= 11 is 0. The van der Waals surface area contributed by atoms with E-state index in [9.17, 15) is 4.79 Å². The van der Waals surface area contributed by atoms with Crippen LogP contribution in [-0.2, 0) is 4.74 Å². The summed E-state index contributed by atoms with van der Waals surface area (Å²) < 4.78 is 5.40. The zero-order chi connectivity index (χ0) is 19.3. The van der Waals surface area contributed by atoms with Crippen molar-refractivity contribution in [1.82, 2.24) is 0 Å². The molecule has 1 N–H and O–H groups in total. The highest BCUT2D eigenvalue weighted by Gasteiger charge is 2.12. The van der Waals surface area contributed by atoms with E-state index in [1.54, 1.807) is 0 Å². The topological polar surface area (TPSA) is 41.6 Å². The number of aryl methyl sites for hydroxylation is 1. The molecule has 0 bridgehead atoms. The predicted molar refractivity (Wildman–Crippen MR) is 114 cm³/mol. The number of morpholine rings is 1. The van der Waals surface area contributed by atoms with Crippen LogP contribution in [0.15, 0.2) is 72.8 Å². The summed E-state index contributed by atoms with van der Waals surface area (Å²) in [4.78, 5) is 15.0. The van der Waals surface area contributed by atoms with E-state index >= 15 is 0 Å². The monoisotopic (exact) mass is 372 g/mol. The summed E-state index contributed by atoms with van der Waals surface area (Å²) in [5, 5.41) is 2.99. The minimum absolute atomic E-state index is 0.104. The first-order chi connectivity index (χ1) is 13.7. The lowest BCUT2D eigenvalue weighted by Crippen LogP contribution is -2.36. The number of ether oxygens (including phenoxy) is 1. The zero-order valence-corrected chi connectivity index (χ0v) is 16.0. The van der Waals surface area contributed by atoms with Gasteiger partial charge in [-0.15, -0.1) is 0 Å². The summed E-state index contributed by atoms with van der Waals surface area (Å²) in [6.45, 7) is 5.39. The highest BCUT2D eigenvalue weighted by molar-refractivity contribution is 6.05. The molecule has 142 valence electrons. The predicted octanol–water partition coefficient (Wildman–Crippen LogP) is 4.75. The molecule has 1 aliphatic heterocycles. The number of carbonyl (C=O) groups excluding carboxylic acids is 1. The van der Waals surface area contributed by atoms with Crippen molar-refractivity contribution in [2.45, 2.75) is 6.92 Å². The number of hydrogen-bond acceptors (Lipinski definition) is 3. The number of carbonyl (C=O) groups is 1. The van der Waals surface area contributed by atoms with Crippen LogP contribution < -0.4 is 10.2 Å². The number of benzene rings is 3. The fraction of sp³-hybridized carbons (Fsp3) is 0.208. The van der Waals surface area contributed by atoms with Crippen molar-refractivity contribution in [3.8, 4) is 11.1 Å². The molecular weight excluding hydrogens is 348 g/mol. The third kappa shape index (κ3) is 4.24. The second-order valence-electron chi connectivity index (χ2n) is 7.05. The van der Waals surface area contributed by atoms with E-state index in [0.29, 0.717) is 5.56 Å². The number of nitrogens with one attached hydrogen (secondary N) is 1. The van der Waals surface area contributed by atoms with Crippen LogP contribution in [0.2, 0.25) is 0 Å². The van der Waals surface area contributed by atoms with Gasteiger partial charge in [0.25, 0.3) is 5.91 Å². The third-order valence-electron chi connectivity index (χ3n) is 5.01. The van der Waals surface area contributed by atoms with Crippen molar-refractivity contribution >= 4 is 17.3 Å². The van der Waals surface area contributed by atoms with Crippen LogP contribution in [0.25, 0.3) is 11.1 Å². The van der Waals surface area contributed by atoms with Crippen molar-refractivity contribution in [3.05, 3.63) is 83.9 Å². The average molecular weight is 372 g/mol. The van der Waals surface area contributed by atoms with E-state index < -0.39 is 0 Å². The van der Waals surface area contributed by atoms with Crippen LogP contribution >= 0.6 is 0 Å². The molecule has 1 saturated heterocycles. The molecule has 0 spiro atoms.